The molecule has 2 heterocycles. The molecular weight excluding hydrogens is 230 g/mol. The molecule has 2 aromatic heterocycles. The molecule has 0 aliphatic carbocycles. The van der Waals surface area contributed by atoms with Gasteiger partial charge in [0.1, 0.15) is 11.6 Å². The fraction of sp³-hybridized carbons (Fsp3) is 0.0769. The molecule has 18 heavy (non-hydrogen) atoms. The Morgan fingerprint density at radius 2 is 2.28 bits per heavy atom. The lowest BCUT2D eigenvalue weighted by molar-refractivity contribution is -0.111. The van der Waals surface area contributed by atoms with E-state index in [4.69, 9.17) is 10.2 Å². The van der Waals surface area contributed by atoms with Gasteiger partial charge in [0, 0.05) is 6.08 Å². The van der Waals surface area contributed by atoms with Crippen LogP contribution < -0.4 is 11.1 Å². The lowest BCUT2D eigenvalue weighted by atomic mass is 10.3. The number of pyridine rings is 1. The molecule has 0 spiro atoms. The summed E-state index contributed by atoms with van der Waals surface area (Å²) in [7, 11) is 0. The number of carbonyl (C=O) groups is 1. The number of furan rings is 1. The van der Waals surface area contributed by atoms with Gasteiger partial charge in [-0.3, -0.25) is 4.79 Å². The number of anilines is 2. The number of hydrogen-bond acceptors (Lipinski definition) is 4. The van der Waals surface area contributed by atoms with Crippen LogP contribution >= 0.6 is 0 Å². The van der Waals surface area contributed by atoms with Crippen molar-refractivity contribution in [1.29, 1.82) is 0 Å². The van der Waals surface area contributed by atoms with E-state index in [0.717, 1.165) is 0 Å². The number of hydrogen-bond donors (Lipinski definition) is 2. The molecule has 0 saturated heterocycles. The first-order chi connectivity index (χ1) is 8.65. The Labute approximate surface area is 104 Å². The molecule has 0 atom stereocenters. The number of nitrogens with zero attached hydrogens (tertiary/aromatic N) is 1. The average Bonchev–Trinajstić information content (AvgIpc) is 2.84. The zero-order valence-electron chi connectivity index (χ0n) is 9.88. The lowest BCUT2D eigenvalue weighted by Crippen LogP contribution is -2.10. The maximum atomic E-state index is 11.6. The molecule has 0 fully saturated rings. The second-order valence-corrected chi connectivity index (χ2v) is 3.71. The number of nitrogens with two attached hydrogens (primary N) is 1. The molecule has 0 aliphatic rings. The Morgan fingerprint density at radius 3 is 2.94 bits per heavy atom. The van der Waals surface area contributed by atoms with Crippen molar-refractivity contribution in [2.24, 2.45) is 0 Å². The summed E-state index contributed by atoms with van der Waals surface area (Å²) in [5.74, 6) is 0.811. The topological polar surface area (TPSA) is 81.2 Å². The molecule has 0 bridgehead atoms. The minimum Gasteiger partial charge on any atom is -0.465 e. The van der Waals surface area contributed by atoms with Gasteiger partial charge in [0.15, 0.2) is 0 Å². The quantitative estimate of drug-likeness (QED) is 0.810. The Hall–Kier alpha value is -2.56. The number of carbonyl (C=O) groups excluding carboxylic acids is 1. The van der Waals surface area contributed by atoms with Crippen molar-refractivity contribution < 1.29 is 9.21 Å². The molecule has 0 unspecified atom stereocenters. The molecule has 2 aromatic rings. The first-order valence-electron chi connectivity index (χ1n) is 5.41. The van der Waals surface area contributed by atoms with Crippen molar-refractivity contribution >= 4 is 23.5 Å². The number of amides is 1. The second kappa shape index (κ2) is 5.18. The predicted molar refractivity (Wildman–Crippen MR) is 69.8 cm³/mol. The smallest absolute Gasteiger partial charge is 0.249 e. The lowest BCUT2D eigenvalue weighted by Gasteiger charge is -2.04. The minimum atomic E-state index is -0.275. The predicted octanol–water partition coefficient (Wildman–Crippen LogP) is 2.22. The normalized spacial score (nSPS) is 10.7. The van der Waals surface area contributed by atoms with E-state index >= 15 is 0 Å². The Kier molecular flexibility index (Phi) is 3.43. The summed E-state index contributed by atoms with van der Waals surface area (Å²) in [4.78, 5) is 15.7. The summed E-state index contributed by atoms with van der Waals surface area (Å²) in [6, 6.07) is 6.87. The highest BCUT2D eigenvalue weighted by Crippen LogP contribution is 2.11. The van der Waals surface area contributed by atoms with Crippen LogP contribution in [0.15, 0.2) is 41.0 Å². The van der Waals surface area contributed by atoms with Gasteiger partial charge < -0.3 is 15.5 Å². The van der Waals surface area contributed by atoms with Crippen LogP contribution in [0.4, 0.5) is 11.5 Å². The van der Waals surface area contributed by atoms with Crippen LogP contribution in [0.3, 0.4) is 0 Å². The molecule has 0 saturated carbocycles. The summed E-state index contributed by atoms with van der Waals surface area (Å²) < 4.78 is 5.07. The largest absolute Gasteiger partial charge is 0.465 e. The molecule has 92 valence electrons. The highest BCUT2D eigenvalue weighted by Gasteiger charge is 2.01. The third-order valence-electron chi connectivity index (χ3n) is 2.32. The summed E-state index contributed by atoms with van der Waals surface area (Å²) >= 11 is 0. The van der Waals surface area contributed by atoms with E-state index in [1.807, 2.05) is 0 Å². The van der Waals surface area contributed by atoms with Crippen LogP contribution in [0.5, 0.6) is 0 Å². The monoisotopic (exact) mass is 243 g/mol. The number of rotatable bonds is 3. The van der Waals surface area contributed by atoms with Gasteiger partial charge in [0.2, 0.25) is 5.91 Å². The third-order valence-corrected chi connectivity index (χ3v) is 2.32. The van der Waals surface area contributed by atoms with Crippen molar-refractivity contribution in [3.8, 4) is 0 Å². The number of aromatic nitrogens is 1. The number of nitrogens with one attached hydrogen (secondary N) is 1. The van der Waals surface area contributed by atoms with E-state index in [9.17, 15) is 4.79 Å². The van der Waals surface area contributed by atoms with Gasteiger partial charge in [-0.1, -0.05) is 0 Å². The summed E-state index contributed by atoms with van der Waals surface area (Å²) in [6.07, 6.45) is 4.51. The highest BCUT2D eigenvalue weighted by atomic mass is 16.3. The molecule has 0 aromatic carbocycles. The van der Waals surface area contributed by atoms with Gasteiger partial charge in [-0.05, 0) is 37.3 Å². The van der Waals surface area contributed by atoms with Crippen molar-refractivity contribution in [1.82, 2.24) is 4.98 Å². The van der Waals surface area contributed by atoms with Crippen LogP contribution in [0.25, 0.3) is 6.08 Å². The Morgan fingerprint density at radius 1 is 1.44 bits per heavy atom. The van der Waals surface area contributed by atoms with E-state index in [1.165, 1.54) is 6.08 Å². The Bertz CT molecular complexity index is 574. The van der Waals surface area contributed by atoms with Crippen molar-refractivity contribution in [2.75, 3.05) is 11.1 Å². The molecule has 5 heteroatoms. The average molecular weight is 243 g/mol. The van der Waals surface area contributed by atoms with Crippen LogP contribution in [0.1, 0.15) is 11.5 Å². The maximum Gasteiger partial charge on any atom is 0.249 e. The summed E-state index contributed by atoms with van der Waals surface area (Å²) in [5.41, 5.74) is 6.92. The molecule has 1 amide bonds. The van der Waals surface area contributed by atoms with Crippen molar-refractivity contribution in [2.45, 2.75) is 6.92 Å². The molecule has 5 nitrogen and oxygen atoms in total. The third kappa shape index (κ3) is 2.98. The van der Waals surface area contributed by atoms with Crippen LogP contribution in [0, 0.1) is 6.92 Å². The van der Waals surface area contributed by atoms with Gasteiger partial charge in [-0.2, -0.15) is 0 Å². The first kappa shape index (κ1) is 11.9. The number of aryl methyl sites for hydroxylation is 1. The zero-order valence-corrected chi connectivity index (χ0v) is 9.88. The van der Waals surface area contributed by atoms with Gasteiger partial charge in [0.05, 0.1) is 17.6 Å². The Balaban J connectivity index is 2.01. The SMILES string of the molecule is Cc1nc(NC(=O)/C=C/c2ccco2)ccc1N. The van der Waals surface area contributed by atoms with Crippen molar-refractivity contribution in [3.05, 3.63) is 48.1 Å². The fourth-order valence-electron chi connectivity index (χ4n) is 1.35. The van der Waals surface area contributed by atoms with E-state index in [1.54, 1.807) is 43.5 Å². The molecule has 0 radical (unpaired) electrons. The van der Waals surface area contributed by atoms with E-state index in [-0.39, 0.29) is 5.91 Å². The summed E-state index contributed by atoms with van der Waals surface area (Å²) in [5, 5.41) is 2.64. The second-order valence-electron chi connectivity index (χ2n) is 3.71. The molecule has 3 N–H and O–H groups in total. The van der Waals surface area contributed by atoms with Crippen LogP contribution in [0.2, 0.25) is 0 Å². The van der Waals surface area contributed by atoms with E-state index in [2.05, 4.69) is 10.3 Å². The maximum absolute atomic E-state index is 11.6. The molecule has 0 aliphatic heterocycles. The number of nitrogen functional groups attached to an aromatic ring is 1. The van der Waals surface area contributed by atoms with Gasteiger partial charge in [0.25, 0.3) is 0 Å². The van der Waals surface area contributed by atoms with Crippen molar-refractivity contribution in [3.63, 3.8) is 0 Å². The first-order valence-corrected chi connectivity index (χ1v) is 5.41. The molecular formula is C13H13N3O2. The van der Waals surface area contributed by atoms with Crippen LogP contribution in [-0.4, -0.2) is 10.9 Å². The van der Waals surface area contributed by atoms with Crippen LogP contribution in [-0.2, 0) is 4.79 Å². The molecule has 2 rings (SSSR count). The highest BCUT2D eigenvalue weighted by molar-refractivity contribution is 6.01. The van der Waals surface area contributed by atoms with Gasteiger partial charge in [-0.25, -0.2) is 4.98 Å². The zero-order chi connectivity index (χ0) is 13.0. The summed E-state index contributed by atoms with van der Waals surface area (Å²) in [6.45, 7) is 1.78. The van der Waals surface area contributed by atoms with Gasteiger partial charge in [-0.15, -0.1) is 0 Å². The van der Waals surface area contributed by atoms with E-state index in [0.29, 0.717) is 23.0 Å². The standard InChI is InChI=1S/C13H13N3O2/c1-9-11(14)5-6-12(15-9)16-13(17)7-4-10-3-2-8-18-10/h2-8H,14H2,1H3,(H,15,16,17)/b7-4+. The van der Waals surface area contributed by atoms with E-state index < -0.39 is 0 Å². The fourth-order valence-corrected chi connectivity index (χ4v) is 1.35. The minimum absolute atomic E-state index is 0.275. The van der Waals surface area contributed by atoms with Gasteiger partial charge >= 0.3 is 0 Å².